The summed E-state index contributed by atoms with van der Waals surface area (Å²) in [6, 6.07) is -0.925. The molecule has 0 aromatic rings. The Morgan fingerprint density at radius 2 is 1.67 bits per heavy atom. The van der Waals surface area contributed by atoms with E-state index in [0.717, 1.165) is 12.0 Å². The quantitative estimate of drug-likeness (QED) is 0.566. The van der Waals surface area contributed by atoms with Gasteiger partial charge in [-0.1, -0.05) is 6.92 Å². The summed E-state index contributed by atoms with van der Waals surface area (Å²) in [5, 5.41) is 0.760. The largest absolute Gasteiger partial charge is 0.458 e. The topological polar surface area (TPSA) is 72.9 Å². The summed E-state index contributed by atoms with van der Waals surface area (Å²) in [7, 11) is 0. The molecule has 0 aliphatic heterocycles. The van der Waals surface area contributed by atoms with Gasteiger partial charge in [-0.25, -0.2) is 4.79 Å². The van der Waals surface area contributed by atoms with Crippen LogP contribution in [-0.4, -0.2) is 34.6 Å². The van der Waals surface area contributed by atoms with Crippen molar-refractivity contribution in [3.63, 3.8) is 0 Å². The molecule has 104 valence electrons. The van der Waals surface area contributed by atoms with E-state index in [2.05, 4.69) is 0 Å². The average Bonchev–Trinajstić information content (AvgIpc) is 2.13. The molecule has 0 rings (SSSR count). The molecular weight excluding hydrogens is 238 g/mol. The number of rotatable bonds is 3. The number of hydrogen-bond donors (Lipinski definition) is 0. The molecular formula is C12H21NO5. The molecule has 0 fully saturated rings. The third-order valence-corrected chi connectivity index (χ3v) is 1.89. The summed E-state index contributed by atoms with van der Waals surface area (Å²) in [4.78, 5) is 39.0. The van der Waals surface area contributed by atoms with E-state index in [0.29, 0.717) is 6.42 Å². The standard InChI is InChI=1S/C12H21NO5/c1-7-10(11(16)17-12(4,5)6)13(8(2)14)18-9(3)15/h10H,7H2,1-6H3. The summed E-state index contributed by atoms with van der Waals surface area (Å²) in [5.74, 6) is -1.78. The van der Waals surface area contributed by atoms with Gasteiger partial charge in [0.2, 0.25) is 0 Å². The Morgan fingerprint density at radius 1 is 1.17 bits per heavy atom. The molecule has 0 saturated carbocycles. The van der Waals surface area contributed by atoms with E-state index in [4.69, 9.17) is 9.57 Å². The van der Waals surface area contributed by atoms with Crippen LogP contribution in [0.4, 0.5) is 0 Å². The van der Waals surface area contributed by atoms with Crippen LogP contribution in [0.25, 0.3) is 0 Å². The van der Waals surface area contributed by atoms with Crippen molar-refractivity contribution in [1.82, 2.24) is 5.06 Å². The van der Waals surface area contributed by atoms with Gasteiger partial charge in [-0.15, -0.1) is 0 Å². The van der Waals surface area contributed by atoms with Gasteiger partial charge in [-0.3, -0.25) is 9.59 Å². The van der Waals surface area contributed by atoms with Gasteiger partial charge in [-0.2, -0.15) is 5.06 Å². The molecule has 6 nitrogen and oxygen atoms in total. The molecule has 0 bridgehead atoms. The second-order valence-electron chi connectivity index (χ2n) is 4.89. The van der Waals surface area contributed by atoms with Crippen LogP contribution in [0.5, 0.6) is 0 Å². The number of esters is 1. The maximum atomic E-state index is 11.9. The zero-order valence-corrected chi connectivity index (χ0v) is 11.8. The summed E-state index contributed by atoms with van der Waals surface area (Å²) >= 11 is 0. The Bertz CT molecular complexity index is 332. The van der Waals surface area contributed by atoms with Crippen LogP contribution >= 0.6 is 0 Å². The number of ether oxygens (including phenoxy) is 1. The normalized spacial score (nSPS) is 12.6. The molecule has 0 heterocycles. The second kappa shape index (κ2) is 6.37. The van der Waals surface area contributed by atoms with Crippen LogP contribution < -0.4 is 0 Å². The van der Waals surface area contributed by atoms with E-state index in [1.165, 1.54) is 6.92 Å². The maximum Gasteiger partial charge on any atom is 0.333 e. The Labute approximate surface area is 107 Å². The monoisotopic (exact) mass is 259 g/mol. The van der Waals surface area contributed by atoms with Crippen molar-refractivity contribution in [2.45, 2.75) is 59.6 Å². The number of hydroxylamine groups is 2. The molecule has 6 heteroatoms. The lowest BCUT2D eigenvalue weighted by Crippen LogP contribution is -2.47. The van der Waals surface area contributed by atoms with Crippen LogP contribution in [0, 0.1) is 0 Å². The van der Waals surface area contributed by atoms with Crippen LogP contribution in [-0.2, 0) is 24.0 Å². The molecule has 0 spiro atoms. The SMILES string of the molecule is CCC(C(=O)OC(C)(C)C)N(OC(C)=O)C(C)=O. The smallest absolute Gasteiger partial charge is 0.333 e. The van der Waals surface area contributed by atoms with Crippen molar-refractivity contribution in [2.75, 3.05) is 0 Å². The van der Waals surface area contributed by atoms with E-state index in [-0.39, 0.29) is 0 Å². The first-order chi connectivity index (χ1) is 8.08. The Balaban J connectivity index is 4.95. The zero-order valence-electron chi connectivity index (χ0n) is 11.8. The van der Waals surface area contributed by atoms with Gasteiger partial charge in [-0.05, 0) is 27.2 Å². The van der Waals surface area contributed by atoms with Crippen LogP contribution in [0.3, 0.4) is 0 Å². The summed E-state index contributed by atoms with van der Waals surface area (Å²) in [6.07, 6.45) is 0.293. The highest BCUT2D eigenvalue weighted by molar-refractivity contribution is 5.83. The zero-order chi connectivity index (χ0) is 14.5. The summed E-state index contributed by atoms with van der Waals surface area (Å²) < 4.78 is 5.18. The van der Waals surface area contributed by atoms with Gasteiger partial charge in [0, 0.05) is 13.8 Å². The first-order valence-electron chi connectivity index (χ1n) is 5.79. The lowest BCUT2D eigenvalue weighted by atomic mass is 10.1. The third-order valence-electron chi connectivity index (χ3n) is 1.89. The van der Waals surface area contributed by atoms with Crippen LogP contribution in [0.15, 0.2) is 0 Å². The predicted octanol–water partition coefficient (Wildman–Crippen LogP) is 1.43. The minimum Gasteiger partial charge on any atom is -0.458 e. The molecule has 0 N–H and O–H groups in total. The van der Waals surface area contributed by atoms with Gasteiger partial charge in [0.05, 0.1) is 0 Å². The minimum absolute atomic E-state index is 0.293. The van der Waals surface area contributed by atoms with Gasteiger partial charge in [0.25, 0.3) is 5.91 Å². The highest BCUT2D eigenvalue weighted by atomic mass is 16.7. The summed E-state index contributed by atoms with van der Waals surface area (Å²) in [5.41, 5.74) is -0.664. The van der Waals surface area contributed by atoms with E-state index >= 15 is 0 Å². The Hall–Kier alpha value is -1.59. The predicted molar refractivity (Wildman–Crippen MR) is 64.2 cm³/mol. The highest BCUT2D eigenvalue weighted by Gasteiger charge is 2.33. The molecule has 0 aliphatic rings. The molecule has 1 atom stereocenters. The molecule has 0 saturated heterocycles. The van der Waals surface area contributed by atoms with Gasteiger partial charge in [0.15, 0.2) is 6.04 Å². The fourth-order valence-corrected chi connectivity index (χ4v) is 1.28. The van der Waals surface area contributed by atoms with Gasteiger partial charge in [0.1, 0.15) is 5.60 Å². The van der Waals surface area contributed by atoms with E-state index in [1.54, 1.807) is 27.7 Å². The number of hydrogen-bond acceptors (Lipinski definition) is 5. The molecule has 0 aromatic carbocycles. The minimum atomic E-state index is -0.925. The van der Waals surface area contributed by atoms with E-state index < -0.39 is 29.5 Å². The third kappa shape index (κ3) is 5.65. The summed E-state index contributed by atoms with van der Waals surface area (Å²) in [6.45, 7) is 9.26. The number of nitrogens with zero attached hydrogens (tertiary/aromatic N) is 1. The lowest BCUT2D eigenvalue weighted by molar-refractivity contribution is -0.212. The molecule has 0 radical (unpaired) electrons. The fourth-order valence-electron chi connectivity index (χ4n) is 1.28. The van der Waals surface area contributed by atoms with Crippen LogP contribution in [0.2, 0.25) is 0 Å². The fraction of sp³-hybridized carbons (Fsp3) is 0.750. The number of carbonyl (C=O) groups is 3. The maximum absolute atomic E-state index is 11.9. The van der Waals surface area contributed by atoms with E-state index in [9.17, 15) is 14.4 Å². The van der Waals surface area contributed by atoms with Gasteiger partial charge >= 0.3 is 11.9 Å². The molecule has 0 aliphatic carbocycles. The van der Waals surface area contributed by atoms with Crippen LogP contribution in [0.1, 0.15) is 48.0 Å². The Kier molecular flexibility index (Phi) is 5.81. The van der Waals surface area contributed by atoms with Crippen molar-refractivity contribution >= 4 is 17.8 Å². The first kappa shape index (κ1) is 16.4. The van der Waals surface area contributed by atoms with Crippen molar-refractivity contribution in [1.29, 1.82) is 0 Å². The number of amides is 1. The molecule has 18 heavy (non-hydrogen) atoms. The van der Waals surface area contributed by atoms with Gasteiger partial charge < -0.3 is 9.57 Å². The highest BCUT2D eigenvalue weighted by Crippen LogP contribution is 2.14. The molecule has 1 unspecified atom stereocenters. The molecule has 1 amide bonds. The first-order valence-corrected chi connectivity index (χ1v) is 5.79. The van der Waals surface area contributed by atoms with Crippen molar-refractivity contribution < 1.29 is 24.0 Å². The van der Waals surface area contributed by atoms with Crippen molar-refractivity contribution in [3.05, 3.63) is 0 Å². The van der Waals surface area contributed by atoms with Crippen molar-refractivity contribution in [2.24, 2.45) is 0 Å². The second-order valence-corrected chi connectivity index (χ2v) is 4.89. The number of carbonyl (C=O) groups excluding carboxylic acids is 3. The average molecular weight is 259 g/mol. The lowest BCUT2D eigenvalue weighted by Gasteiger charge is -2.29. The molecule has 0 aromatic heterocycles. The van der Waals surface area contributed by atoms with Crippen molar-refractivity contribution in [3.8, 4) is 0 Å². The van der Waals surface area contributed by atoms with E-state index in [1.807, 2.05) is 0 Å². The Morgan fingerprint density at radius 3 is 1.94 bits per heavy atom.